The van der Waals surface area contributed by atoms with Gasteiger partial charge in [0, 0.05) is 11.6 Å². The van der Waals surface area contributed by atoms with Crippen molar-refractivity contribution in [3.05, 3.63) is 65.0 Å². The van der Waals surface area contributed by atoms with E-state index in [0.29, 0.717) is 35.2 Å². The summed E-state index contributed by atoms with van der Waals surface area (Å²) in [7, 11) is 2.94. The van der Waals surface area contributed by atoms with E-state index in [-0.39, 0.29) is 23.9 Å². The number of hydrogen-bond donors (Lipinski definition) is 0. The van der Waals surface area contributed by atoms with Crippen molar-refractivity contribution in [1.29, 1.82) is 0 Å². The molecule has 0 saturated heterocycles. The summed E-state index contributed by atoms with van der Waals surface area (Å²) in [6, 6.07) is 7.88. The molecule has 1 fully saturated rings. The van der Waals surface area contributed by atoms with Crippen molar-refractivity contribution in [3.8, 4) is 22.9 Å². The molecule has 0 radical (unpaired) electrons. The van der Waals surface area contributed by atoms with E-state index in [2.05, 4.69) is 28.2 Å². The molecule has 1 saturated carbocycles. The molecule has 8 heteroatoms. The van der Waals surface area contributed by atoms with E-state index in [0.717, 1.165) is 54.5 Å². The predicted octanol–water partition coefficient (Wildman–Crippen LogP) is 5.62. The Balaban J connectivity index is 1.42. The first-order valence-corrected chi connectivity index (χ1v) is 12.9. The number of fused-ring (bicyclic) bond motifs is 1. The van der Waals surface area contributed by atoms with Crippen LogP contribution in [-0.2, 0) is 22.4 Å². The van der Waals surface area contributed by atoms with E-state index < -0.39 is 5.82 Å². The van der Waals surface area contributed by atoms with E-state index in [4.69, 9.17) is 19.2 Å². The minimum atomic E-state index is -0.473. The Morgan fingerprint density at radius 3 is 2.68 bits per heavy atom. The zero-order valence-corrected chi connectivity index (χ0v) is 21.7. The van der Waals surface area contributed by atoms with Gasteiger partial charge in [-0.2, -0.15) is 0 Å². The average Bonchev–Trinajstić information content (AvgIpc) is 3.77. The molecular weight excluding hydrogens is 473 g/mol. The SMILES string of the molecule is CCc1nc(C2CCc3ccc([C@H](C4CC4)[C@H](C)C(=O)OC)cc3O2)cnc1-c1cc(OC)ncc1F. The normalized spacial score (nSPS) is 18.4. The Morgan fingerprint density at radius 1 is 1.16 bits per heavy atom. The maximum absolute atomic E-state index is 14.6. The summed E-state index contributed by atoms with van der Waals surface area (Å²) in [4.78, 5) is 25.7. The second-order valence-corrected chi connectivity index (χ2v) is 9.84. The Kier molecular flexibility index (Phi) is 7.09. The Morgan fingerprint density at radius 2 is 1.97 bits per heavy atom. The van der Waals surface area contributed by atoms with Gasteiger partial charge in [-0.3, -0.25) is 14.8 Å². The number of pyridine rings is 1. The van der Waals surface area contributed by atoms with Gasteiger partial charge in [0.15, 0.2) is 5.82 Å². The highest BCUT2D eigenvalue weighted by molar-refractivity contribution is 5.73. The van der Waals surface area contributed by atoms with Crippen LogP contribution in [-0.4, -0.2) is 35.1 Å². The lowest BCUT2D eigenvalue weighted by molar-refractivity contribution is -0.145. The zero-order chi connectivity index (χ0) is 26.1. The average molecular weight is 506 g/mol. The van der Waals surface area contributed by atoms with Gasteiger partial charge in [-0.15, -0.1) is 0 Å². The monoisotopic (exact) mass is 505 g/mol. The van der Waals surface area contributed by atoms with Crippen LogP contribution in [0, 0.1) is 17.7 Å². The van der Waals surface area contributed by atoms with Crippen LogP contribution in [0.15, 0.2) is 36.7 Å². The molecule has 0 amide bonds. The third-order valence-electron chi connectivity index (χ3n) is 7.49. The minimum absolute atomic E-state index is 0.111. The van der Waals surface area contributed by atoms with Crippen LogP contribution >= 0.6 is 0 Å². The highest BCUT2D eigenvalue weighted by atomic mass is 19.1. The van der Waals surface area contributed by atoms with Gasteiger partial charge in [-0.05, 0) is 61.1 Å². The summed E-state index contributed by atoms with van der Waals surface area (Å²) in [5.41, 5.74) is 4.46. The number of hydrogen-bond acceptors (Lipinski definition) is 7. The molecule has 194 valence electrons. The quantitative estimate of drug-likeness (QED) is 0.368. The van der Waals surface area contributed by atoms with E-state index in [1.807, 2.05) is 13.8 Å². The lowest BCUT2D eigenvalue weighted by Gasteiger charge is -2.28. The highest BCUT2D eigenvalue weighted by Crippen LogP contribution is 2.48. The fraction of sp³-hybridized carbons (Fsp3) is 0.448. The largest absolute Gasteiger partial charge is 0.484 e. The number of carbonyl (C=O) groups is 1. The summed E-state index contributed by atoms with van der Waals surface area (Å²) in [5.74, 6) is 0.874. The predicted molar refractivity (Wildman–Crippen MR) is 136 cm³/mol. The Bertz CT molecular complexity index is 1310. The molecule has 1 aliphatic carbocycles. The van der Waals surface area contributed by atoms with E-state index in [1.54, 1.807) is 12.3 Å². The van der Waals surface area contributed by atoms with Crippen LogP contribution in [0.3, 0.4) is 0 Å². The van der Waals surface area contributed by atoms with Gasteiger partial charge in [-0.1, -0.05) is 26.0 Å². The molecule has 3 heterocycles. The molecule has 3 aromatic rings. The molecule has 0 spiro atoms. The number of esters is 1. The van der Waals surface area contributed by atoms with Crippen molar-refractivity contribution < 1.29 is 23.4 Å². The van der Waals surface area contributed by atoms with Gasteiger partial charge in [0.2, 0.25) is 5.88 Å². The van der Waals surface area contributed by atoms with Crippen LogP contribution in [0.4, 0.5) is 4.39 Å². The van der Waals surface area contributed by atoms with Gasteiger partial charge in [-0.25, -0.2) is 9.37 Å². The summed E-state index contributed by atoms with van der Waals surface area (Å²) in [6.45, 7) is 3.92. The molecule has 0 bridgehead atoms. The fourth-order valence-electron chi connectivity index (χ4n) is 5.34. The first-order valence-electron chi connectivity index (χ1n) is 12.9. The van der Waals surface area contributed by atoms with Crippen molar-refractivity contribution in [3.63, 3.8) is 0 Å². The molecule has 2 aromatic heterocycles. The second kappa shape index (κ2) is 10.4. The third-order valence-corrected chi connectivity index (χ3v) is 7.49. The van der Waals surface area contributed by atoms with Crippen LogP contribution in [0.25, 0.3) is 11.3 Å². The molecule has 7 nitrogen and oxygen atoms in total. The van der Waals surface area contributed by atoms with E-state index >= 15 is 0 Å². The first kappa shape index (κ1) is 25.1. The molecule has 5 rings (SSSR count). The van der Waals surface area contributed by atoms with Gasteiger partial charge >= 0.3 is 5.97 Å². The van der Waals surface area contributed by atoms with Crippen LogP contribution in [0.1, 0.15) is 67.6 Å². The molecule has 2 aliphatic rings. The number of benzene rings is 1. The standard InChI is InChI=1S/C29H32FN3O4/c1-5-22-28(20-13-26(35-3)31-14-21(20)30)32-15-23(33-22)24-11-10-17-6-9-19(12-25(17)37-24)27(18-7-8-18)16(2)29(34)36-4/h6,9,12-16,18,24,27H,5,7-8,10-11H2,1-4H3/t16-,24?,27-/m0/s1. The first-order chi connectivity index (χ1) is 17.9. The highest BCUT2D eigenvalue weighted by Gasteiger charge is 2.39. The number of aromatic nitrogens is 3. The number of ether oxygens (including phenoxy) is 3. The van der Waals surface area contributed by atoms with Crippen molar-refractivity contribution in [2.24, 2.45) is 11.8 Å². The van der Waals surface area contributed by atoms with Crippen molar-refractivity contribution in [2.45, 2.75) is 58.0 Å². The molecule has 1 aliphatic heterocycles. The summed E-state index contributed by atoms with van der Waals surface area (Å²) < 4.78 is 31.2. The molecule has 1 unspecified atom stereocenters. The molecule has 3 atom stereocenters. The number of aryl methyl sites for hydroxylation is 2. The minimum Gasteiger partial charge on any atom is -0.484 e. The number of nitrogens with zero attached hydrogens (tertiary/aromatic N) is 3. The van der Waals surface area contributed by atoms with Gasteiger partial charge < -0.3 is 14.2 Å². The Labute approximate surface area is 216 Å². The lowest BCUT2D eigenvalue weighted by Crippen LogP contribution is -2.23. The van der Waals surface area contributed by atoms with Gasteiger partial charge in [0.25, 0.3) is 0 Å². The maximum Gasteiger partial charge on any atom is 0.309 e. The number of carbonyl (C=O) groups excluding carboxylic acids is 1. The van der Waals surface area contributed by atoms with E-state index in [9.17, 15) is 9.18 Å². The van der Waals surface area contributed by atoms with Crippen LogP contribution < -0.4 is 9.47 Å². The van der Waals surface area contributed by atoms with Crippen LogP contribution in [0.2, 0.25) is 0 Å². The topological polar surface area (TPSA) is 83.4 Å². The molecule has 1 aromatic carbocycles. The van der Waals surface area contributed by atoms with E-state index in [1.165, 1.54) is 14.2 Å². The van der Waals surface area contributed by atoms with Crippen molar-refractivity contribution >= 4 is 5.97 Å². The number of halogens is 1. The smallest absolute Gasteiger partial charge is 0.309 e. The number of methoxy groups -OCH3 is 2. The molecule has 37 heavy (non-hydrogen) atoms. The summed E-state index contributed by atoms with van der Waals surface area (Å²) in [5, 5.41) is 0. The second-order valence-electron chi connectivity index (χ2n) is 9.84. The molecular formula is C29H32FN3O4. The summed E-state index contributed by atoms with van der Waals surface area (Å²) in [6.07, 6.45) is 7.00. The summed E-state index contributed by atoms with van der Waals surface area (Å²) >= 11 is 0. The van der Waals surface area contributed by atoms with Crippen molar-refractivity contribution in [1.82, 2.24) is 15.0 Å². The Hall–Kier alpha value is -3.55. The fourth-order valence-corrected chi connectivity index (χ4v) is 5.34. The third kappa shape index (κ3) is 5.02. The molecule has 0 N–H and O–H groups in total. The van der Waals surface area contributed by atoms with Crippen molar-refractivity contribution in [2.75, 3.05) is 14.2 Å². The van der Waals surface area contributed by atoms with Gasteiger partial charge in [0.05, 0.1) is 49.6 Å². The number of rotatable bonds is 8. The van der Waals surface area contributed by atoms with Gasteiger partial charge in [0.1, 0.15) is 11.9 Å². The lowest BCUT2D eigenvalue weighted by atomic mass is 9.82. The zero-order valence-electron chi connectivity index (χ0n) is 21.7. The van der Waals surface area contributed by atoms with Crippen LogP contribution in [0.5, 0.6) is 11.6 Å². The maximum atomic E-state index is 14.6.